The van der Waals surface area contributed by atoms with Crippen molar-refractivity contribution in [2.24, 2.45) is 0 Å². The maximum Gasteiger partial charge on any atom is 0.233 e. The van der Waals surface area contributed by atoms with E-state index in [0.717, 1.165) is 0 Å². The molecule has 0 aromatic heterocycles. The number of hydrogen-bond donors (Lipinski definition) is 3. The molecule has 0 unspecified atom stereocenters. The first-order valence-corrected chi connectivity index (χ1v) is 6.88. The van der Waals surface area contributed by atoms with E-state index in [1.165, 1.54) is 17.3 Å². The molecule has 3 N–H and O–H groups in total. The number of allylic oxidation sites excluding steroid dienone is 1. The van der Waals surface area contributed by atoms with Crippen molar-refractivity contribution in [3.63, 3.8) is 0 Å². The van der Waals surface area contributed by atoms with Crippen LogP contribution in [0.25, 0.3) is 0 Å². The number of benzene rings is 1. The third-order valence-electron chi connectivity index (χ3n) is 2.91. The quantitative estimate of drug-likeness (QED) is 0.707. The summed E-state index contributed by atoms with van der Waals surface area (Å²) in [4.78, 5) is 23.6. The number of carbonyl (C=O) groups is 2. The highest BCUT2D eigenvalue weighted by Gasteiger charge is 2.34. The Balaban J connectivity index is 1.59. The molecule has 6 heteroatoms. The number of ketones is 1. The molecule has 0 saturated carbocycles. The van der Waals surface area contributed by atoms with Gasteiger partial charge in [0.05, 0.1) is 11.3 Å². The molecule has 1 aromatic rings. The lowest BCUT2D eigenvalue weighted by atomic mass is 10.2. The van der Waals surface area contributed by atoms with Gasteiger partial charge in [-0.1, -0.05) is 42.1 Å². The fourth-order valence-electron chi connectivity index (χ4n) is 2.01. The molecule has 5 nitrogen and oxygen atoms in total. The second kappa shape index (κ2) is 5.07. The van der Waals surface area contributed by atoms with Crippen LogP contribution in [0, 0.1) is 0 Å². The standard InChI is InChI=1S/C13H13N3O2S/c17-9-6-10(18)15-12-11(9)19-13(16-12)14-7-8-4-2-1-3-5-8/h1-5,13-14,16H,6-7H2,(H,15,18)/t13-/m0/s1. The zero-order chi connectivity index (χ0) is 13.2. The summed E-state index contributed by atoms with van der Waals surface area (Å²) in [7, 11) is 0. The summed E-state index contributed by atoms with van der Waals surface area (Å²) in [6.07, 6.45) is -0.0566. The van der Waals surface area contributed by atoms with Crippen molar-refractivity contribution in [1.29, 1.82) is 0 Å². The molecule has 0 saturated heterocycles. The van der Waals surface area contributed by atoms with Gasteiger partial charge in [-0.2, -0.15) is 0 Å². The van der Waals surface area contributed by atoms with Gasteiger partial charge in [-0.05, 0) is 5.56 Å². The van der Waals surface area contributed by atoms with Gasteiger partial charge in [0.1, 0.15) is 11.3 Å². The summed E-state index contributed by atoms with van der Waals surface area (Å²) < 4.78 is 0. The second-order valence-electron chi connectivity index (χ2n) is 4.36. The Kier molecular flexibility index (Phi) is 3.27. The monoisotopic (exact) mass is 275 g/mol. The van der Waals surface area contributed by atoms with E-state index in [0.29, 0.717) is 17.3 Å². The first-order chi connectivity index (χ1) is 9.22. The number of thioether (sulfide) groups is 1. The highest BCUT2D eigenvalue weighted by Crippen LogP contribution is 2.31. The van der Waals surface area contributed by atoms with Gasteiger partial charge >= 0.3 is 0 Å². The van der Waals surface area contributed by atoms with E-state index in [2.05, 4.69) is 16.0 Å². The van der Waals surface area contributed by atoms with Crippen LogP contribution in [0.1, 0.15) is 12.0 Å². The molecule has 0 radical (unpaired) electrons. The lowest BCUT2D eigenvalue weighted by Crippen LogP contribution is -2.41. The SMILES string of the molecule is O=C1CC(=O)C2=C(N1)N[C@H](NCc1ccccc1)S2. The molecule has 19 heavy (non-hydrogen) atoms. The molecular weight excluding hydrogens is 262 g/mol. The number of carbonyl (C=O) groups excluding carboxylic acids is 2. The van der Waals surface area contributed by atoms with Crippen LogP contribution < -0.4 is 16.0 Å². The van der Waals surface area contributed by atoms with E-state index in [-0.39, 0.29) is 23.6 Å². The number of rotatable bonds is 3. The highest BCUT2D eigenvalue weighted by molar-refractivity contribution is 8.04. The summed E-state index contributed by atoms with van der Waals surface area (Å²) in [6.45, 7) is 0.703. The Labute approximate surface area is 114 Å². The fraction of sp³-hybridized carbons (Fsp3) is 0.231. The van der Waals surface area contributed by atoms with Crippen molar-refractivity contribution in [1.82, 2.24) is 16.0 Å². The van der Waals surface area contributed by atoms with Crippen LogP contribution in [0.15, 0.2) is 41.1 Å². The van der Waals surface area contributed by atoms with Crippen LogP contribution in [0.4, 0.5) is 0 Å². The summed E-state index contributed by atoms with van der Waals surface area (Å²) in [5.41, 5.74) is 1.08. The van der Waals surface area contributed by atoms with Gasteiger partial charge in [-0.15, -0.1) is 0 Å². The first kappa shape index (κ1) is 12.3. The van der Waals surface area contributed by atoms with Crippen LogP contribution in [-0.2, 0) is 16.1 Å². The summed E-state index contributed by atoms with van der Waals surface area (Å²) in [6, 6.07) is 10.0. The Hall–Kier alpha value is -1.79. The maximum atomic E-state index is 11.7. The molecule has 1 aromatic carbocycles. The van der Waals surface area contributed by atoms with Gasteiger partial charge in [-0.3, -0.25) is 14.9 Å². The average molecular weight is 275 g/mol. The molecule has 0 bridgehead atoms. The van der Waals surface area contributed by atoms with Crippen LogP contribution in [-0.4, -0.2) is 17.2 Å². The Morgan fingerprint density at radius 2 is 2.05 bits per heavy atom. The normalized spacial score (nSPS) is 22.0. The molecule has 1 amide bonds. The van der Waals surface area contributed by atoms with Crippen molar-refractivity contribution >= 4 is 23.5 Å². The van der Waals surface area contributed by atoms with E-state index in [4.69, 9.17) is 0 Å². The van der Waals surface area contributed by atoms with Crippen LogP contribution in [0.2, 0.25) is 0 Å². The van der Waals surface area contributed by atoms with E-state index in [9.17, 15) is 9.59 Å². The minimum Gasteiger partial charge on any atom is -0.346 e. The first-order valence-electron chi connectivity index (χ1n) is 6.00. The molecule has 2 heterocycles. The van der Waals surface area contributed by atoms with Crippen molar-refractivity contribution in [2.45, 2.75) is 18.5 Å². The molecule has 3 rings (SSSR count). The third-order valence-corrected chi connectivity index (χ3v) is 4.10. The zero-order valence-electron chi connectivity index (χ0n) is 10.1. The largest absolute Gasteiger partial charge is 0.346 e. The van der Waals surface area contributed by atoms with Crippen molar-refractivity contribution in [2.75, 3.05) is 0 Å². The van der Waals surface area contributed by atoms with Crippen LogP contribution in [0.5, 0.6) is 0 Å². The van der Waals surface area contributed by atoms with Gasteiger partial charge in [0, 0.05) is 6.54 Å². The van der Waals surface area contributed by atoms with Gasteiger partial charge < -0.3 is 10.6 Å². The summed E-state index contributed by atoms with van der Waals surface area (Å²) in [5, 5.41) is 9.08. The Bertz CT molecular complexity index is 556. The zero-order valence-corrected chi connectivity index (χ0v) is 10.9. The Morgan fingerprint density at radius 3 is 2.84 bits per heavy atom. The van der Waals surface area contributed by atoms with Crippen LogP contribution in [0.3, 0.4) is 0 Å². The number of hydrogen-bond acceptors (Lipinski definition) is 5. The Morgan fingerprint density at radius 1 is 1.26 bits per heavy atom. The third kappa shape index (κ3) is 2.64. The summed E-state index contributed by atoms with van der Waals surface area (Å²) in [5.74, 6) is 0.178. The minimum atomic E-state index is -0.249. The minimum absolute atomic E-state index is 0.0566. The fourth-order valence-corrected chi connectivity index (χ4v) is 3.02. The average Bonchev–Trinajstić information content (AvgIpc) is 2.81. The maximum absolute atomic E-state index is 11.7. The van der Waals surface area contributed by atoms with E-state index in [1.54, 1.807) is 0 Å². The predicted octanol–water partition coefficient (Wildman–Crippen LogP) is 0.654. The van der Waals surface area contributed by atoms with Crippen molar-refractivity contribution in [3.05, 3.63) is 46.6 Å². The van der Waals surface area contributed by atoms with Crippen LogP contribution >= 0.6 is 11.8 Å². The van der Waals surface area contributed by atoms with Crippen molar-refractivity contribution < 1.29 is 9.59 Å². The van der Waals surface area contributed by atoms with Gasteiger partial charge in [0.25, 0.3) is 0 Å². The van der Waals surface area contributed by atoms with E-state index in [1.807, 2.05) is 30.3 Å². The smallest absolute Gasteiger partial charge is 0.233 e. The number of nitrogens with one attached hydrogen (secondary N) is 3. The second-order valence-corrected chi connectivity index (χ2v) is 5.48. The molecule has 98 valence electrons. The van der Waals surface area contributed by atoms with Gasteiger partial charge in [-0.25, -0.2) is 0 Å². The predicted molar refractivity (Wildman–Crippen MR) is 72.6 cm³/mol. The lowest BCUT2D eigenvalue weighted by Gasteiger charge is -2.15. The lowest BCUT2D eigenvalue weighted by molar-refractivity contribution is -0.126. The molecule has 0 aliphatic carbocycles. The topological polar surface area (TPSA) is 70.2 Å². The number of Topliss-reactive ketones (excluding diaryl/α,β-unsaturated/α-hetero) is 1. The van der Waals surface area contributed by atoms with E-state index >= 15 is 0 Å². The molecule has 1 atom stereocenters. The molecule has 2 aliphatic heterocycles. The molecular formula is C13H13N3O2S. The molecule has 0 fully saturated rings. The number of amides is 1. The van der Waals surface area contributed by atoms with Gasteiger partial charge in [0.15, 0.2) is 5.78 Å². The molecule has 2 aliphatic rings. The van der Waals surface area contributed by atoms with Crippen molar-refractivity contribution in [3.8, 4) is 0 Å². The summed E-state index contributed by atoms with van der Waals surface area (Å²) >= 11 is 1.42. The van der Waals surface area contributed by atoms with Gasteiger partial charge in [0.2, 0.25) is 5.91 Å². The van der Waals surface area contributed by atoms with E-state index < -0.39 is 0 Å². The highest BCUT2D eigenvalue weighted by atomic mass is 32.2. The molecule has 0 spiro atoms.